The number of nitrogens with zero attached hydrogens (tertiary/aromatic N) is 1. The Labute approximate surface area is 152 Å². The lowest BCUT2D eigenvalue weighted by atomic mass is 10.2. The molecule has 0 atom stereocenters. The lowest BCUT2D eigenvalue weighted by molar-refractivity contribution is 0.507. The van der Waals surface area contributed by atoms with Crippen LogP contribution in [0.5, 0.6) is 0 Å². The van der Waals surface area contributed by atoms with Crippen LogP contribution in [0.4, 0.5) is 4.39 Å². The van der Waals surface area contributed by atoms with E-state index in [9.17, 15) is 4.39 Å². The van der Waals surface area contributed by atoms with E-state index in [0.29, 0.717) is 25.6 Å². The molecule has 0 saturated heterocycles. The number of nitrogens with one attached hydrogen (secondary N) is 2. The molecule has 1 heterocycles. The molecule has 4 nitrogen and oxygen atoms in total. The first-order valence-electron chi connectivity index (χ1n) is 7.18. The van der Waals surface area contributed by atoms with Crippen LogP contribution >= 0.6 is 24.0 Å². The molecule has 0 aliphatic carbocycles. The molecule has 6 heteroatoms. The number of halogens is 2. The molecule has 1 aromatic carbocycles. The fourth-order valence-corrected chi connectivity index (χ4v) is 1.86. The normalized spacial score (nSPS) is 10.7. The van der Waals surface area contributed by atoms with Crippen molar-refractivity contribution in [2.24, 2.45) is 4.99 Å². The molecule has 23 heavy (non-hydrogen) atoms. The van der Waals surface area contributed by atoms with Gasteiger partial charge >= 0.3 is 0 Å². The quantitative estimate of drug-likeness (QED) is 0.307. The lowest BCUT2D eigenvalue weighted by Crippen LogP contribution is -2.38. The number of guanidine groups is 1. The SMILES string of the molecule is C=CCNC(=NCc1ccc(F)cc1)NCCc1ccco1.I. The number of hydrogen-bond donors (Lipinski definition) is 2. The van der Waals surface area contributed by atoms with Gasteiger partial charge < -0.3 is 15.1 Å². The van der Waals surface area contributed by atoms with Crippen LogP contribution in [0.1, 0.15) is 11.3 Å². The Morgan fingerprint density at radius 2 is 2.00 bits per heavy atom. The van der Waals surface area contributed by atoms with Gasteiger partial charge in [-0.15, -0.1) is 30.6 Å². The van der Waals surface area contributed by atoms with Crippen LogP contribution in [0.15, 0.2) is 64.7 Å². The first kappa shape index (κ1) is 19.2. The summed E-state index contributed by atoms with van der Waals surface area (Å²) in [7, 11) is 0. The van der Waals surface area contributed by atoms with Crippen molar-refractivity contribution in [3.63, 3.8) is 0 Å². The van der Waals surface area contributed by atoms with E-state index in [4.69, 9.17) is 4.42 Å². The van der Waals surface area contributed by atoms with Crippen molar-refractivity contribution in [1.29, 1.82) is 0 Å². The second-order valence-corrected chi connectivity index (χ2v) is 4.72. The number of furan rings is 1. The summed E-state index contributed by atoms with van der Waals surface area (Å²) in [5, 5.41) is 6.38. The van der Waals surface area contributed by atoms with E-state index < -0.39 is 0 Å². The highest BCUT2D eigenvalue weighted by Gasteiger charge is 2.00. The number of hydrogen-bond acceptors (Lipinski definition) is 2. The molecule has 0 unspecified atom stereocenters. The van der Waals surface area contributed by atoms with Gasteiger partial charge in [0.2, 0.25) is 0 Å². The van der Waals surface area contributed by atoms with E-state index >= 15 is 0 Å². The highest BCUT2D eigenvalue weighted by atomic mass is 127. The van der Waals surface area contributed by atoms with Crippen LogP contribution in [0, 0.1) is 5.82 Å². The maximum atomic E-state index is 12.9. The average molecular weight is 429 g/mol. The molecule has 0 aliphatic heterocycles. The minimum atomic E-state index is -0.241. The highest BCUT2D eigenvalue weighted by Crippen LogP contribution is 2.04. The Bertz CT molecular complexity index is 597. The fourth-order valence-electron chi connectivity index (χ4n) is 1.86. The molecular weight excluding hydrogens is 408 g/mol. The first-order valence-corrected chi connectivity index (χ1v) is 7.18. The second-order valence-electron chi connectivity index (χ2n) is 4.72. The molecule has 0 saturated carbocycles. The third-order valence-electron chi connectivity index (χ3n) is 2.99. The fraction of sp³-hybridized carbons (Fsp3) is 0.235. The monoisotopic (exact) mass is 429 g/mol. The molecule has 124 valence electrons. The van der Waals surface area contributed by atoms with Crippen molar-refractivity contribution in [2.45, 2.75) is 13.0 Å². The van der Waals surface area contributed by atoms with E-state index in [2.05, 4.69) is 22.2 Å². The van der Waals surface area contributed by atoms with E-state index in [1.807, 2.05) is 12.1 Å². The van der Waals surface area contributed by atoms with Crippen molar-refractivity contribution < 1.29 is 8.81 Å². The lowest BCUT2D eigenvalue weighted by Gasteiger charge is -2.10. The summed E-state index contributed by atoms with van der Waals surface area (Å²) in [6.45, 7) is 5.49. The van der Waals surface area contributed by atoms with Gasteiger partial charge in [0.15, 0.2) is 5.96 Å². The molecule has 1 aromatic heterocycles. The summed E-state index contributed by atoms with van der Waals surface area (Å²) in [5.74, 6) is 1.37. The van der Waals surface area contributed by atoms with Crippen LogP contribution in [0.25, 0.3) is 0 Å². The molecule has 0 amide bonds. The first-order chi connectivity index (χ1) is 10.8. The van der Waals surface area contributed by atoms with Crippen LogP contribution in [-0.2, 0) is 13.0 Å². The Morgan fingerprint density at radius 3 is 2.65 bits per heavy atom. The summed E-state index contributed by atoms with van der Waals surface area (Å²) < 4.78 is 18.2. The van der Waals surface area contributed by atoms with Gasteiger partial charge in [-0.1, -0.05) is 18.2 Å². The van der Waals surface area contributed by atoms with Crippen LogP contribution < -0.4 is 10.6 Å². The van der Waals surface area contributed by atoms with Crippen LogP contribution in [-0.4, -0.2) is 19.0 Å². The smallest absolute Gasteiger partial charge is 0.191 e. The Kier molecular flexibility index (Phi) is 9.04. The predicted octanol–water partition coefficient (Wildman–Crippen LogP) is 3.50. The van der Waals surface area contributed by atoms with Gasteiger partial charge in [-0.25, -0.2) is 9.38 Å². The number of aliphatic imine (C=N–C) groups is 1. The predicted molar refractivity (Wildman–Crippen MR) is 102 cm³/mol. The van der Waals surface area contributed by atoms with Crippen molar-refractivity contribution in [1.82, 2.24) is 10.6 Å². The van der Waals surface area contributed by atoms with Crippen molar-refractivity contribution in [3.8, 4) is 0 Å². The van der Waals surface area contributed by atoms with E-state index in [1.165, 1.54) is 12.1 Å². The maximum Gasteiger partial charge on any atom is 0.191 e. The summed E-state index contributed by atoms with van der Waals surface area (Å²) in [5.41, 5.74) is 0.951. The second kappa shape index (κ2) is 10.8. The maximum absolute atomic E-state index is 12.9. The zero-order valence-electron chi connectivity index (χ0n) is 12.8. The minimum Gasteiger partial charge on any atom is -0.469 e. The van der Waals surface area contributed by atoms with Gasteiger partial charge in [0, 0.05) is 19.5 Å². The molecular formula is C17H21FIN3O. The van der Waals surface area contributed by atoms with Gasteiger partial charge in [-0.2, -0.15) is 0 Å². The van der Waals surface area contributed by atoms with Crippen molar-refractivity contribution >= 4 is 29.9 Å². The molecule has 0 fully saturated rings. The van der Waals surface area contributed by atoms with Gasteiger partial charge in [0.05, 0.1) is 12.8 Å². The van der Waals surface area contributed by atoms with E-state index in [1.54, 1.807) is 24.5 Å². The van der Waals surface area contributed by atoms with E-state index in [0.717, 1.165) is 17.7 Å². The van der Waals surface area contributed by atoms with Gasteiger partial charge in [-0.3, -0.25) is 0 Å². The number of rotatable bonds is 7. The zero-order valence-corrected chi connectivity index (χ0v) is 15.1. The zero-order chi connectivity index (χ0) is 15.6. The summed E-state index contributed by atoms with van der Waals surface area (Å²) >= 11 is 0. The average Bonchev–Trinajstić information content (AvgIpc) is 3.04. The van der Waals surface area contributed by atoms with E-state index in [-0.39, 0.29) is 29.8 Å². The summed E-state index contributed by atoms with van der Waals surface area (Å²) in [6, 6.07) is 10.1. The van der Waals surface area contributed by atoms with Gasteiger partial charge in [-0.05, 0) is 29.8 Å². The third-order valence-corrected chi connectivity index (χ3v) is 2.99. The van der Waals surface area contributed by atoms with Crippen molar-refractivity contribution in [3.05, 3.63) is 72.5 Å². The number of benzene rings is 1. The standard InChI is InChI=1S/C17H20FN3O.HI/c1-2-10-19-17(20-11-9-16-4-3-12-22-16)21-13-14-5-7-15(18)8-6-14;/h2-8,12H,1,9-11,13H2,(H2,19,20,21);1H. The van der Waals surface area contributed by atoms with Crippen molar-refractivity contribution in [2.75, 3.05) is 13.1 Å². The highest BCUT2D eigenvalue weighted by molar-refractivity contribution is 14.0. The Balaban J connectivity index is 0.00000264. The molecule has 0 aliphatic rings. The topological polar surface area (TPSA) is 49.6 Å². The summed E-state index contributed by atoms with van der Waals surface area (Å²) in [4.78, 5) is 4.47. The Morgan fingerprint density at radius 1 is 1.22 bits per heavy atom. The largest absolute Gasteiger partial charge is 0.469 e. The molecule has 2 N–H and O–H groups in total. The van der Waals surface area contributed by atoms with Gasteiger partial charge in [0.1, 0.15) is 11.6 Å². The molecule has 0 radical (unpaired) electrons. The van der Waals surface area contributed by atoms with Crippen LogP contribution in [0.3, 0.4) is 0 Å². The molecule has 0 spiro atoms. The third kappa shape index (κ3) is 7.32. The minimum absolute atomic E-state index is 0. The molecule has 2 aromatic rings. The van der Waals surface area contributed by atoms with Gasteiger partial charge in [0.25, 0.3) is 0 Å². The molecule has 2 rings (SSSR count). The van der Waals surface area contributed by atoms with Crippen LogP contribution in [0.2, 0.25) is 0 Å². The summed E-state index contributed by atoms with van der Waals surface area (Å²) in [6.07, 6.45) is 4.20. The molecule has 0 bridgehead atoms. The Hall–Kier alpha value is -1.83.